The lowest BCUT2D eigenvalue weighted by Crippen LogP contribution is -2.53. The first-order valence-electron chi connectivity index (χ1n) is 12.2. The molecule has 15 heteroatoms. The number of rotatable bonds is 8. The van der Waals surface area contributed by atoms with Crippen molar-refractivity contribution >= 4 is 46.7 Å². The fraction of sp³-hybridized carbons (Fsp3) is 0.542. The number of ketones is 1. The van der Waals surface area contributed by atoms with Crippen LogP contribution in [0.3, 0.4) is 0 Å². The molecule has 3 fully saturated rings. The highest BCUT2D eigenvalue weighted by molar-refractivity contribution is 6.40. The molecule has 1 aromatic carbocycles. The quantitative estimate of drug-likeness (QED) is 0.320. The molecule has 2 saturated heterocycles. The average Bonchev–Trinajstić information content (AvgIpc) is 3.32. The summed E-state index contributed by atoms with van der Waals surface area (Å²) in [6, 6.07) is 0.699. The van der Waals surface area contributed by atoms with Gasteiger partial charge in [-0.1, -0.05) is 11.6 Å². The van der Waals surface area contributed by atoms with Crippen LogP contribution >= 0.6 is 11.6 Å². The molecule has 10 nitrogen and oxygen atoms in total. The van der Waals surface area contributed by atoms with Crippen LogP contribution in [0.5, 0.6) is 0 Å². The number of anilines is 1. The molecule has 1 spiro atoms. The van der Waals surface area contributed by atoms with E-state index in [9.17, 15) is 41.5 Å². The summed E-state index contributed by atoms with van der Waals surface area (Å²) in [6.07, 6.45) is -3.51. The number of halogens is 5. The first-order valence-corrected chi connectivity index (χ1v) is 12.5. The van der Waals surface area contributed by atoms with Crippen molar-refractivity contribution in [3.8, 4) is 0 Å². The van der Waals surface area contributed by atoms with Crippen LogP contribution in [-0.4, -0.2) is 72.5 Å². The lowest BCUT2D eigenvalue weighted by Gasteiger charge is -2.26. The maximum Gasteiger partial charge on any atom is 0.522 e. The second kappa shape index (κ2) is 11.1. The predicted molar refractivity (Wildman–Crippen MR) is 127 cm³/mol. The van der Waals surface area contributed by atoms with Crippen molar-refractivity contribution < 1.29 is 46.3 Å². The molecule has 212 valence electrons. The van der Waals surface area contributed by atoms with Crippen LogP contribution in [-0.2, 0) is 28.7 Å². The number of nitrogens with zero attached hydrogens (tertiary/aromatic N) is 1. The molecule has 3 aliphatic rings. The molecule has 3 atom stereocenters. The molecule has 2 heterocycles. The van der Waals surface area contributed by atoms with Crippen molar-refractivity contribution in [2.75, 3.05) is 25.0 Å². The number of amides is 4. The number of carbonyl (C=O) groups excluding carboxylic acids is 5. The smallest absolute Gasteiger partial charge is 0.356 e. The van der Waals surface area contributed by atoms with Crippen molar-refractivity contribution in [1.82, 2.24) is 15.5 Å². The van der Waals surface area contributed by atoms with Crippen LogP contribution in [0, 0.1) is 17.2 Å². The summed E-state index contributed by atoms with van der Waals surface area (Å²) in [7, 11) is 0. The lowest BCUT2D eigenvalue weighted by molar-refractivity contribution is -0.321. The topological polar surface area (TPSA) is 134 Å². The molecule has 4 amide bonds. The Morgan fingerprint density at radius 2 is 1.95 bits per heavy atom. The Kier molecular flexibility index (Phi) is 8.17. The molecule has 0 aromatic heterocycles. The Morgan fingerprint density at radius 3 is 2.54 bits per heavy atom. The van der Waals surface area contributed by atoms with E-state index in [1.165, 1.54) is 6.07 Å². The zero-order valence-corrected chi connectivity index (χ0v) is 21.2. The Labute approximate surface area is 224 Å². The van der Waals surface area contributed by atoms with Gasteiger partial charge in [-0.3, -0.25) is 28.7 Å². The van der Waals surface area contributed by atoms with Crippen LogP contribution in [0.2, 0.25) is 5.02 Å². The van der Waals surface area contributed by atoms with Gasteiger partial charge < -0.3 is 20.9 Å². The monoisotopic (exact) mass is 576 g/mol. The van der Waals surface area contributed by atoms with Gasteiger partial charge >= 0.3 is 18.2 Å². The number of alkyl halides is 3. The zero-order valence-electron chi connectivity index (χ0n) is 20.4. The standard InChI is InChI=1S/C24H25ClF4N4O6/c25-13-1-2-15(14(26)8-13)31-21(37)22(38)33-11-23(4-5-23)9-17(33)20(36)32-16(7-12-3-6-30-19(12)35)18(34)10-39-24(27,28)29/h1-2,8,12,16-17H,3-7,9-11H2,(H,30,35)(H,31,37)(H,32,36)/t12-,16-,17-/m0/s1. The second-order valence-corrected chi connectivity index (χ2v) is 10.4. The first-order chi connectivity index (χ1) is 18.3. The van der Waals surface area contributed by atoms with E-state index in [0.717, 1.165) is 17.0 Å². The maximum atomic E-state index is 14.1. The van der Waals surface area contributed by atoms with Gasteiger partial charge in [0, 0.05) is 24.0 Å². The minimum atomic E-state index is -5.08. The molecule has 1 aromatic rings. The number of carbonyl (C=O) groups is 5. The van der Waals surface area contributed by atoms with Crippen LogP contribution in [0.15, 0.2) is 18.2 Å². The minimum absolute atomic E-state index is 0.0568. The van der Waals surface area contributed by atoms with Crippen molar-refractivity contribution in [3.05, 3.63) is 29.0 Å². The van der Waals surface area contributed by atoms with Gasteiger partial charge in [0.05, 0.1) is 11.7 Å². The molecule has 2 aliphatic heterocycles. The van der Waals surface area contributed by atoms with E-state index in [2.05, 4.69) is 20.7 Å². The van der Waals surface area contributed by atoms with Crippen LogP contribution in [0.1, 0.15) is 32.1 Å². The Hall–Kier alpha value is -3.26. The third-order valence-electron chi connectivity index (χ3n) is 7.17. The highest BCUT2D eigenvalue weighted by atomic mass is 35.5. The molecular formula is C24H25ClF4N4O6. The van der Waals surface area contributed by atoms with E-state index in [4.69, 9.17) is 11.6 Å². The summed E-state index contributed by atoms with van der Waals surface area (Å²) in [5.74, 6) is -6.29. The Balaban J connectivity index is 1.48. The zero-order chi connectivity index (χ0) is 28.5. The summed E-state index contributed by atoms with van der Waals surface area (Å²) in [5, 5.41) is 7.15. The number of hydrogen-bond acceptors (Lipinski definition) is 6. The van der Waals surface area contributed by atoms with Crippen molar-refractivity contribution in [1.29, 1.82) is 0 Å². The Bertz CT molecular complexity index is 1190. The van der Waals surface area contributed by atoms with Gasteiger partial charge in [0.1, 0.15) is 18.5 Å². The van der Waals surface area contributed by atoms with E-state index < -0.39 is 71.6 Å². The number of benzene rings is 1. The van der Waals surface area contributed by atoms with E-state index in [-0.39, 0.29) is 30.1 Å². The van der Waals surface area contributed by atoms with Crippen LogP contribution in [0.4, 0.5) is 23.2 Å². The molecule has 1 aliphatic carbocycles. The number of Topliss-reactive ketones (excluding diaryl/α,β-unsaturated/α-hetero) is 1. The largest absolute Gasteiger partial charge is 0.522 e. The predicted octanol–water partition coefficient (Wildman–Crippen LogP) is 1.92. The Morgan fingerprint density at radius 1 is 1.23 bits per heavy atom. The SMILES string of the molecule is O=C(Nc1ccc(Cl)cc1F)C(=O)N1CC2(CC2)C[C@H]1C(=O)N[C@@H](C[C@@H]1CCNC1=O)C(=O)COC(F)(F)F. The molecule has 1 saturated carbocycles. The van der Waals surface area contributed by atoms with Gasteiger partial charge in [0.2, 0.25) is 11.8 Å². The summed E-state index contributed by atoms with van der Waals surface area (Å²) >= 11 is 5.70. The van der Waals surface area contributed by atoms with E-state index in [1.54, 1.807) is 0 Å². The third-order valence-corrected chi connectivity index (χ3v) is 7.40. The van der Waals surface area contributed by atoms with E-state index in [0.29, 0.717) is 25.8 Å². The highest BCUT2D eigenvalue weighted by Crippen LogP contribution is 2.54. The van der Waals surface area contributed by atoms with E-state index in [1.807, 2.05) is 0 Å². The van der Waals surface area contributed by atoms with Crippen LogP contribution < -0.4 is 16.0 Å². The summed E-state index contributed by atoms with van der Waals surface area (Å²) in [6.45, 7) is -1.01. The van der Waals surface area contributed by atoms with Gasteiger partial charge in [-0.25, -0.2) is 4.39 Å². The van der Waals surface area contributed by atoms with Gasteiger partial charge in [-0.2, -0.15) is 0 Å². The molecule has 3 N–H and O–H groups in total. The summed E-state index contributed by atoms with van der Waals surface area (Å²) in [5.41, 5.74) is -0.711. The minimum Gasteiger partial charge on any atom is -0.356 e. The second-order valence-electron chi connectivity index (χ2n) is 10.0. The number of likely N-dealkylation sites (tertiary alicyclic amines) is 1. The van der Waals surface area contributed by atoms with Crippen molar-refractivity contribution in [2.24, 2.45) is 11.3 Å². The number of ether oxygens (including phenoxy) is 1. The number of hydrogen-bond donors (Lipinski definition) is 3. The normalized spacial score (nSPS) is 22.4. The van der Waals surface area contributed by atoms with Crippen molar-refractivity contribution in [3.63, 3.8) is 0 Å². The number of nitrogens with one attached hydrogen (secondary N) is 3. The third kappa shape index (κ3) is 7.04. The molecule has 0 unspecified atom stereocenters. The summed E-state index contributed by atoms with van der Waals surface area (Å²) < 4.78 is 55.3. The van der Waals surface area contributed by atoms with E-state index >= 15 is 0 Å². The highest BCUT2D eigenvalue weighted by Gasteiger charge is 2.56. The molecule has 4 rings (SSSR count). The van der Waals surface area contributed by atoms with Gasteiger partial charge in [-0.15, -0.1) is 13.2 Å². The van der Waals surface area contributed by atoms with Crippen LogP contribution in [0.25, 0.3) is 0 Å². The fourth-order valence-electron chi connectivity index (χ4n) is 4.89. The summed E-state index contributed by atoms with van der Waals surface area (Å²) in [4.78, 5) is 64.6. The molecule has 39 heavy (non-hydrogen) atoms. The molecule has 0 radical (unpaired) electrons. The maximum absolute atomic E-state index is 14.1. The molecule has 0 bridgehead atoms. The first kappa shape index (κ1) is 28.7. The lowest BCUT2D eigenvalue weighted by atomic mass is 9.95. The van der Waals surface area contributed by atoms with Gasteiger partial charge in [0.25, 0.3) is 0 Å². The average molecular weight is 577 g/mol. The fourth-order valence-corrected chi connectivity index (χ4v) is 5.05. The molecular weight excluding hydrogens is 552 g/mol. The van der Waals surface area contributed by atoms with Crippen molar-refractivity contribution in [2.45, 2.75) is 50.6 Å². The van der Waals surface area contributed by atoms with Gasteiger partial charge in [-0.05, 0) is 55.7 Å². The van der Waals surface area contributed by atoms with Gasteiger partial charge in [0.15, 0.2) is 5.78 Å².